The molecule has 0 aliphatic carbocycles. The first-order valence-electron chi connectivity index (χ1n) is 8.81. The van der Waals surface area contributed by atoms with E-state index in [2.05, 4.69) is 17.2 Å². The van der Waals surface area contributed by atoms with Crippen LogP contribution in [0.25, 0.3) is 16.6 Å². The summed E-state index contributed by atoms with van der Waals surface area (Å²) in [5.74, 6) is -0.104. The Hall–Kier alpha value is -2.67. The highest BCUT2D eigenvalue weighted by molar-refractivity contribution is 5.87. The molecule has 136 valence electrons. The molecule has 3 aromatic rings. The SMILES string of the molecule is Cc1cc(C)c2cc(C)c3nn(CC(=O)N4CCOCC4)c(=O)n3c2c1. The minimum atomic E-state index is -0.277. The Balaban J connectivity index is 1.84. The van der Waals surface area contributed by atoms with Crippen LogP contribution in [-0.4, -0.2) is 51.3 Å². The standard InChI is InChI=1S/C19H22N4O3/c1-12-8-13(2)15-10-14(3)18-20-22(19(25)23(18)16(15)9-12)11-17(24)21-4-6-26-7-5-21/h8-10H,4-7,11H2,1-3H3. The van der Waals surface area contributed by atoms with Crippen LogP contribution in [-0.2, 0) is 16.1 Å². The molecule has 4 rings (SSSR count). The van der Waals surface area contributed by atoms with Crippen LogP contribution in [0.4, 0.5) is 0 Å². The molecule has 0 radical (unpaired) electrons. The molecule has 0 atom stereocenters. The largest absolute Gasteiger partial charge is 0.378 e. The number of rotatable bonds is 2. The van der Waals surface area contributed by atoms with E-state index in [1.807, 2.05) is 26.8 Å². The zero-order valence-electron chi connectivity index (χ0n) is 15.3. The van der Waals surface area contributed by atoms with Crippen molar-refractivity contribution in [2.24, 2.45) is 0 Å². The second kappa shape index (κ2) is 6.25. The van der Waals surface area contributed by atoms with Crippen LogP contribution in [0, 0.1) is 20.8 Å². The van der Waals surface area contributed by atoms with Gasteiger partial charge in [-0.05, 0) is 49.6 Å². The molecule has 0 saturated carbocycles. The minimum Gasteiger partial charge on any atom is -0.378 e. The fourth-order valence-corrected chi connectivity index (χ4v) is 3.63. The number of amides is 1. The van der Waals surface area contributed by atoms with E-state index in [0.29, 0.717) is 32.0 Å². The number of ether oxygens (including phenoxy) is 1. The number of fused-ring (bicyclic) bond motifs is 3. The summed E-state index contributed by atoms with van der Waals surface area (Å²) in [7, 11) is 0. The van der Waals surface area contributed by atoms with Gasteiger partial charge in [0, 0.05) is 18.5 Å². The maximum absolute atomic E-state index is 13.0. The molecule has 1 fully saturated rings. The van der Waals surface area contributed by atoms with Gasteiger partial charge in [0.05, 0.1) is 18.7 Å². The molecule has 7 nitrogen and oxygen atoms in total. The molecule has 7 heteroatoms. The lowest BCUT2D eigenvalue weighted by atomic mass is 10.0. The number of morpholine rings is 1. The third-order valence-corrected chi connectivity index (χ3v) is 4.95. The average molecular weight is 354 g/mol. The van der Waals surface area contributed by atoms with Crippen molar-refractivity contribution < 1.29 is 9.53 Å². The highest BCUT2D eigenvalue weighted by atomic mass is 16.5. The van der Waals surface area contributed by atoms with Crippen molar-refractivity contribution in [1.82, 2.24) is 19.1 Å². The van der Waals surface area contributed by atoms with E-state index < -0.39 is 0 Å². The molecule has 1 aliphatic heterocycles. The van der Waals surface area contributed by atoms with E-state index in [4.69, 9.17) is 4.74 Å². The van der Waals surface area contributed by atoms with E-state index in [-0.39, 0.29) is 18.1 Å². The van der Waals surface area contributed by atoms with Crippen molar-refractivity contribution in [1.29, 1.82) is 0 Å². The Kier molecular flexibility index (Phi) is 4.03. The summed E-state index contributed by atoms with van der Waals surface area (Å²) < 4.78 is 8.17. The number of benzene rings is 1. The van der Waals surface area contributed by atoms with Crippen molar-refractivity contribution in [2.45, 2.75) is 27.3 Å². The van der Waals surface area contributed by atoms with E-state index in [0.717, 1.165) is 27.6 Å². The molecule has 0 N–H and O–H groups in total. The molecule has 1 aliphatic rings. The van der Waals surface area contributed by atoms with Crippen molar-refractivity contribution in [3.63, 3.8) is 0 Å². The quantitative estimate of drug-likeness (QED) is 0.698. The van der Waals surface area contributed by atoms with Crippen LogP contribution >= 0.6 is 0 Å². The predicted octanol–water partition coefficient (Wildman–Crippen LogP) is 1.43. The van der Waals surface area contributed by atoms with Gasteiger partial charge in [0.15, 0.2) is 5.65 Å². The molecule has 2 aromatic heterocycles. The fourth-order valence-electron chi connectivity index (χ4n) is 3.63. The zero-order valence-corrected chi connectivity index (χ0v) is 15.3. The summed E-state index contributed by atoms with van der Waals surface area (Å²) in [6, 6.07) is 6.15. The minimum absolute atomic E-state index is 0.0494. The van der Waals surface area contributed by atoms with Crippen LogP contribution in [0.15, 0.2) is 23.0 Å². The van der Waals surface area contributed by atoms with Gasteiger partial charge >= 0.3 is 5.69 Å². The maximum atomic E-state index is 13.0. The van der Waals surface area contributed by atoms with Gasteiger partial charge in [-0.15, -0.1) is 5.10 Å². The van der Waals surface area contributed by atoms with Crippen LogP contribution in [0.2, 0.25) is 0 Å². The monoisotopic (exact) mass is 354 g/mol. The Morgan fingerprint density at radius 3 is 2.58 bits per heavy atom. The van der Waals surface area contributed by atoms with Gasteiger partial charge in [0.1, 0.15) is 6.54 Å². The number of aromatic nitrogens is 3. The molecular formula is C19H22N4O3. The molecule has 3 heterocycles. The number of carbonyl (C=O) groups is 1. The van der Waals surface area contributed by atoms with Crippen molar-refractivity contribution in [3.05, 3.63) is 45.4 Å². The highest BCUT2D eigenvalue weighted by Crippen LogP contribution is 2.23. The summed E-state index contributed by atoms with van der Waals surface area (Å²) in [5.41, 5.74) is 4.28. The Morgan fingerprint density at radius 1 is 1.12 bits per heavy atom. The second-order valence-corrected chi connectivity index (χ2v) is 6.93. The lowest BCUT2D eigenvalue weighted by Crippen LogP contribution is -2.43. The summed E-state index contributed by atoms with van der Waals surface area (Å²) >= 11 is 0. The smallest absolute Gasteiger partial charge is 0.351 e. The molecule has 1 saturated heterocycles. The summed E-state index contributed by atoms with van der Waals surface area (Å²) in [4.78, 5) is 27.2. The number of aryl methyl sites for hydroxylation is 3. The van der Waals surface area contributed by atoms with E-state index in [9.17, 15) is 9.59 Å². The zero-order chi connectivity index (χ0) is 18.4. The van der Waals surface area contributed by atoms with Crippen molar-refractivity contribution in [2.75, 3.05) is 26.3 Å². The molecule has 1 amide bonds. The van der Waals surface area contributed by atoms with Crippen LogP contribution in [0.1, 0.15) is 16.7 Å². The van der Waals surface area contributed by atoms with Gasteiger partial charge in [-0.25, -0.2) is 13.9 Å². The van der Waals surface area contributed by atoms with Gasteiger partial charge in [-0.2, -0.15) is 0 Å². The lowest BCUT2D eigenvalue weighted by molar-refractivity contribution is -0.136. The summed E-state index contributed by atoms with van der Waals surface area (Å²) in [5, 5.41) is 5.47. The van der Waals surface area contributed by atoms with E-state index >= 15 is 0 Å². The van der Waals surface area contributed by atoms with Crippen LogP contribution in [0.5, 0.6) is 0 Å². The van der Waals surface area contributed by atoms with Gasteiger partial charge in [0.2, 0.25) is 5.91 Å². The van der Waals surface area contributed by atoms with Crippen LogP contribution < -0.4 is 5.69 Å². The highest BCUT2D eigenvalue weighted by Gasteiger charge is 2.20. The second-order valence-electron chi connectivity index (χ2n) is 6.93. The van der Waals surface area contributed by atoms with Crippen molar-refractivity contribution >= 4 is 22.5 Å². The maximum Gasteiger partial charge on any atom is 0.351 e. The topological polar surface area (TPSA) is 68.8 Å². The average Bonchev–Trinajstić information content (AvgIpc) is 2.94. The summed E-state index contributed by atoms with van der Waals surface area (Å²) in [6.07, 6.45) is 0. The van der Waals surface area contributed by atoms with Gasteiger partial charge in [-0.3, -0.25) is 4.79 Å². The Bertz CT molecular complexity index is 1070. The number of hydrogen-bond acceptors (Lipinski definition) is 4. The number of hydrogen-bond donors (Lipinski definition) is 0. The summed E-state index contributed by atoms with van der Waals surface area (Å²) in [6.45, 7) is 8.12. The van der Waals surface area contributed by atoms with Gasteiger partial charge in [-0.1, -0.05) is 6.07 Å². The lowest BCUT2D eigenvalue weighted by Gasteiger charge is -2.26. The Morgan fingerprint density at radius 2 is 1.85 bits per heavy atom. The van der Waals surface area contributed by atoms with E-state index in [1.165, 1.54) is 4.68 Å². The first-order chi connectivity index (χ1) is 12.5. The third-order valence-electron chi connectivity index (χ3n) is 4.95. The fraction of sp³-hybridized carbons (Fsp3) is 0.421. The molecule has 26 heavy (non-hydrogen) atoms. The Labute approximate surface area is 150 Å². The first kappa shape index (κ1) is 16.8. The van der Waals surface area contributed by atoms with E-state index in [1.54, 1.807) is 9.30 Å². The first-order valence-corrected chi connectivity index (χ1v) is 8.81. The van der Waals surface area contributed by atoms with Gasteiger partial charge in [0.25, 0.3) is 0 Å². The third kappa shape index (κ3) is 2.68. The molecule has 1 aromatic carbocycles. The number of nitrogens with zero attached hydrogens (tertiary/aromatic N) is 4. The van der Waals surface area contributed by atoms with Crippen molar-refractivity contribution in [3.8, 4) is 0 Å². The number of pyridine rings is 1. The van der Waals surface area contributed by atoms with Crippen LogP contribution in [0.3, 0.4) is 0 Å². The molecule has 0 bridgehead atoms. The van der Waals surface area contributed by atoms with Gasteiger partial charge < -0.3 is 9.64 Å². The molecule has 0 unspecified atom stereocenters. The molecule has 0 spiro atoms. The normalized spacial score (nSPS) is 15.1. The number of carbonyl (C=O) groups excluding carboxylic acids is 1. The molecular weight excluding hydrogens is 332 g/mol. The predicted molar refractivity (Wildman–Crippen MR) is 98.6 cm³/mol.